The van der Waals surface area contributed by atoms with E-state index in [9.17, 15) is 18.0 Å². The molecule has 1 aliphatic carbocycles. The molecule has 4 aromatic rings. The molecule has 0 atom stereocenters. The van der Waals surface area contributed by atoms with Crippen molar-refractivity contribution in [2.24, 2.45) is 0 Å². The van der Waals surface area contributed by atoms with Crippen LogP contribution in [0.2, 0.25) is 0 Å². The predicted octanol–water partition coefficient (Wildman–Crippen LogP) is 6.54. The first-order valence-electron chi connectivity index (χ1n) is 14.8. The molecule has 1 saturated heterocycles. The summed E-state index contributed by atoms with van der Waals surface area (Å²) in [7, 11) is 2.00. The summed E-state index contributed by atoms with van der Waals surface area (Å²) in [5.74, 6) is 6.75. The van der Waals surface area contributed by atoms with Gasteiger partial charge in [0.05, 0.1) is 11.1 Å². The van der Waals surface area contributed by atoms with Crippen molar-refractivity contribution in [3.63, 3.8) is 0 Å². The zero-order chi connectivity index (χ0) is 30.8. The zero-order valence-electron chi connectivity index (χ0n) is 24.8. The van der Waals surface area contributed by atoms with Crippen molar-refractivity contribution >= 4 is 28.2 Å². The van der Waals surface area contributed by atoms with Gasteiger partial charge in [-0.25, -0.2) is 4.98 Å². The van der Waals surface area contributed by atoms with Crippen LogP contribution in [0.4, 0.5) is 24.7 Å². The van der Waals surface area contributed by atoms with Gasteiger partial charge in [-0.3, -0.25) is 9.69 Å². The number of amides is 1. The van der Waals surface area contributed by atoms with Crippen LogP contribution in [0.15, 0.2) is 66.9 Å². The fourth-order valence-corrected chi connectivity index (χ4v) is 5.37. The fraction of sp³-hybridized carbons (Fsp3) is 0.314. The molecule has 1 amide bonds. The largest absolute Gasteiger partial charge is 0.416 e. The van der Waals surface area contributed by atoms with Crippen LogP contribution in [0.3, 0.4) is 0 Å². The lowest BCUT2D eigenvalue weighted by atomic mass is 10.0. The van der Waals surface area contributed by atoms with Crippen LogP contribution >= 0.6 is 0 Å². The third-order valence-corrected chi connectivity index (χ3v) is 8.21. The number of aromatic nitrogens is 1. The number of carbonyl (C=O) groups excluding carboxylic acids is 1. The number of carbonyl (C=O) groups is 1. The minimum atomic E-state index is -4.54. The van der Waals surface area contributed by atoms with E-state index in [0.29, 0.717) is 30.3 Å². The molecule has 2 fully saturated rings. The van der Waals surface area contributed by atoms with Crippen molar-refractivity contribution in [3.05, 3.63) is 100 Å². The number of halogens is 3. The van der Waals surface area contributed by atoms with Crippen molar-refractivity contribution in [1.82, 2.24) is 14.8 Å². The second-order valence-electron chi connectivity index (χ2n) is 11.7. The highest BCUT2D eigenvalue weighted by Gasteiger charge is 2.34. The summed E-state index contributed by atoms with van der Waals surface area (Å²) in [5, 5.41) is 8.12. The molecule has 2 N–H and O–H groups in total. The van der Waals surface area contributed by atoms with Crippen LogP contribution < -0.4 is 10.6 Å². The number of hydrogen-bond acceptors (Lipinski definition) is 5. The van der Waals surface area contributed by atoms with Crippen molar-refractivity contribution in [2.45, 2.75) is 38.5 Å². The van der Waals surface area contributed by atoms with Gasteiger partial charge in [0.1, 0.15) is 5.82 Å². The van der Waals surface area contributed by atoms with Gasteiger partial charge in [-0.05, 0) is 62.2 Å². The maximum atomic E-state index is 14.0. The van der Waals surface area contributed by atoms with E-state index >= 15 is 0 Å². The summed E-state index contributed by atoms with van der Waals surface area (Å²) >= 11 is 0. The van der Waals surface area contributed by atoms with Crippen molar-refractivity contribution in [1.29, 1.82) is 0 Å². The molecule has 2 aliphatic rings. The SMILES string of the molecule is Cc1ccc(C(=O)Nc2ccc(CN3CCN(C)CC3)c(C(F)(F)F)c2)cc1C#Cc1cnc(NC2CC2)c2ccccc12. The Labute approximate surface area is 255 Å². The van der Waals surface area contributed by atoms with E-state index in [4.69, 9.17) is 0 Å². The highest BCUT2D eigenvalue weighted by molar-refractivity contribution is 6.04. The lowest BCUT2D eigenvalue weighted by Crippen LogP contribution is -2.44. The predicted molar refractivity (Wildman–Crippen MR) is 168 cm³/mol. The molecule has 1 saturated carbocycles. The van der Waals surface area contributed by atoms with Crippen LogP contribution in [-0.4, -0.2) is 60.0 Å². The number of piperazine rings is 1. The van der Waals surface area contributed by atoms with Crippen LogP contribution in [-0.2, 0) is 12.7 Å². The Morgan fingerprint density at radius 2 is 1.68 bits per heavy atom. The molecule has 0 spiro atoms. The number of anilines is 2. The van der Waals surface area contributed by atoms with Gasteiger partial charge < -0.3 is 15.5 Å². The smallest absolute Gasteiger partial charge is 0.367 e. The molecule has 2 heterocycles. The molecule has 1 aliphatic heterocycles. The van der Waals surface area contributed by atoms with Crippen LogP contribution in [0.5, 0.6) is 0 Å². The minimum Gasteiger partial charge on any atom is -0.367 e. The van der Waals surface area contributed by atoms with Gasteiger partial charge >= 0.3 is 6.18 Å². The first-order chi connectivity index (χ1) is 21.1. The molecule has 6 rings (SSSR count). The van der Waals surface area contributed by atoms with Crippen LogP contribution in [0.25, 0.3) is 10.8 Å². The summed E-state index contributed by atoms with van der Waals surface area (Å²) in [6, 6.07) is 17.6. The molecule has 0 bridgehead atoms. The number of likely N-dealkylation sites (N-methyl/N-ethyl adjacent to an activating group) is 1. The van der Waals surface area contributed by atoms with Crippen LogP contribution in [0, 0.1) is 18.8 Å². The Morgan fingerprint density at radius 3 is 2.41 bits per heavy atom. The molecule has 226 valence electrons. The molecule has 1 aromatic heterocycles. The van der Waals surface area contributed by atoms with E-state index in [-0.39, 0.29) is 17.8 Å². The number of nitrogens with one attached hydrogen (secondary N) is 2. The van der Waals surface area contributed by atoms with Gasteiger partial charge in [0.2, 0.25) is 0 Å². The van der Waals surface area contributed by atoms with E-state index in [0.717, 1.165) is 59.7 Å². The number of aryl methyl sites for hydroxylation is 1. The van der Waals surface area contributed by atoms with E-state index in [1.807, 2.05) is 43.1 Å². The number of benzene rings is 3. The standard InChI is InChI=1S/C35H34F3N5O/c1-23-7-8-25(19-24(23)9-10-26-21-39-33(40-28-13-14-28)31-6-4-3-5-30(26)31)34(44)41-29-12-11-27(32(20-29)35(36,37)38)22-43-17-15-42(2)16-18-43/h3-8,11-12,19-21,28H,13-18,22H2,1-2H3,(H,39,40)(H,41,44). The van der Waals surface area contributed by atoms with E-state index in [2.05, 4.69) is 32.4 Å². The summed E-state index contributed by atoms with van der Waals surface area (Å²) < 4.78 is 42.1. The summed E-state index contributed by atoms with van der Waals surface area (Å²) in [6.45, 7) is 5.16. The third-order valence-electron chi connectivity index (χ3n) is 8.21. The molecular weight excluding hydrogens is 563 g/mol. The van der Waals surface area contributed by atoms with Gasteiger partial charge in [-0.2, -0.15) is 13.2 Å². The lowest BCUT2D eigenvalue weighted by Gasteiger charge is -2.33. The van der Waals surface area contributed by atoms with E-state index in [1.165, 1.54) is 12.1 Å². The Bertz CT molecular complexity index is 1760. The van der Waals surface area contributed by atoms with Crippen molar-refractivity contribution in [3.8, 4) is 11.8 Å². The zero-order valence-corrected chi connectivity index (χ0v) is 24.8. The topological polar surface area (TPSA) is 60.5 Å². The Hall–Kier alpha value is -4.39. The number of pyridine rings is 1. The van der Waals surface area contributed by atoms with Crippen LogP contribution in [0.1, 0.15) is 51.0 Å². The maximum Gasteiger partial charge on any atom is 0.416 e. The van der Waals surface area contributed by atoms with Crippen molar-refractivity contribution < 1.29 is 18.0 Å². The van der Waals surface area contributed by atoms with E-state index < -0.39 is 17.6 Å². The molecule has 6 nitrogen and oxygen atoms in total. The van der Waals surface area contributed by atoms with Crippen molar-refractivity contribution in [2.75, 3.05) is 43.9 Å². The molecule has 44 heavy (non-hydrogen) atoms. The Balaban J connectivity index is 1.21. The summed E-state index contributed by atoms with van der Waals surface area (Å²) in [5.41, 5.74) is 2.17. The normalized spacial score (nSPS) is 15.9. The average molecular weight is 598 g/mol. The van der Waals surface area contributed by atoms with Gasteiger partial charge in [-0.1, -0.05) is 48.2 Å². The lowest BCUT2D eigenvalue weighted by molar-refractivity contribution is -0.138. The summed E-state index contributed by atoms with van der Waals surface area (Å²) in [4.78, 5) is 22.0. The quantitative estimate of drug-likeness (QED) is 0.248. The second kappa shape index (κ2) is 12.3. The first-order valence-corrected chi connectivity index (χ1v) is 14.8. The highest BCUT2D eigenvalue weighted by atomic mass is 19.4. The number of alkyl halides is 3. The minimum absolute atomic E-state index is 0.0927. The molecule has 9 heteroatoms. The summed E-state index contributed by atoms with van der Waals surface area (Å²) in [6.07, 6.45) is -0.489. The Morgan fingerprint density at radius 1 is 0.955 bits per heavy atom. The molecule has 3 aromatic carbocycles. The maximum absolute atomic E-state index is 14.0. The third kappa shape index (κ3) is 6.88. The van der Waals surface area contributed by atoms with Gasteiger partial charge in [0.25, 0.3) is 5.91 Å². The fourth-order valence-electron chi connectivity index (χ4n) is 5.37. The van der Waals surface area contributed by atoms with Gasteiger partial charge in [-0.15, -0.1) is 0 Å². The van der Waals surface area contributed by atoms with Gasteiger partial charge in [0.15, 0.2) is 0 Å². The molecule has 0 radical (unpaired) electrons. The number of hydrogen-bond donors (Lipinski definition) is 2. The molecule has 0 unspecified atom stereocenters. The van der Waals surface area contributed by atoms with Gasteiger partial charge in [0, 0.05) is 72.5 Å². The highest BCUT2D eigenvalue weighted by Crippen LogP contribution is 2.35. The second-order valence-corrected chi connectivity index (χ2v) is 11.7. The Kier molecular flexibility index (Phi) is 8.30. The monoisotopic (exact) mass is 597 g/mol. The first kappa shape index (κ1) is 29.7. The molecular formula is C35H34F3N5O. The average Bonchev–Trinajstić information content (AvgIpc) is 3.83. The number of rotatable bonds is 6. The van der Waals surface area contributed by atoms with E-state index in [1.54, 1.807) is 24.4 Å². The number of nitrogens with zero attached hydrogens (tertiary/aromatic N) is 3. The number of fused-ring (bicyclic) bond motifs is 1.